The number of hydrogen-bond donors (Lipinski definition) is 1. The van der Waals surface area contributed by atoms with E-state index < -0.39 is 5.97 Å². The zero-order valence-corrected chi connectivity index (χ0v) is 11.6. The van der Waals surface area contributed by atoms with Crippen molar-refractivity contribution >= 4 is 11.9 Å². The van der Waals surface area contributed by atoms with Crippen molar-refractivity contribution in [3.63, 3.8) is 0 Å². The maximum Gasteiger partial charge on any atom is 0.332 e. The number of aliphatic carboxylic acids is 1. The van der Waals surface area contributed by atoms with E-state index in [1.807, 2.05) is 36.4 Å². The average molecular weight is 264 g/mol. The zero-order valence-electron chi connectivity index (χ0n) is 11.6. The molecule has 0 aromatic heterocycles. The van der Waals surface area contributed by atoms with E-state index in [4.69, 9.17) is 5.11 Å². The third-order valence-corrected chi connectivity index (χ3v) is 1.57. The van der Waals surface area contributed by atoms with Crippen molar-refractivity contribution in [3.05, 3.63) is 60.7 Å². The number of benzene rings is 1. The van der Waals surface area contributed by atoms with Crippen LogP contribution in [-0.2, 0) is 14.3 Å². The Morgan fingerprint density at radius 3 is 1.21 bits per heavy atom. The lowest BCUT2D eigenvalue weighted by Crippen LogP contribution is -1.98. The Morgan fingerprint density at radius 2 is 1.16 bits per heavy atom. The summed E-state index contributed by atoms with van der Waals surface area (Å²) in [5.74, 6) is -1.28. The number of ether oxygens (including phenoxy) is 1. The molecule has 104 valence electrons. The summed E-state index contributed by atoms with van der Waals surface area (Å²) in [4.78, 5) is 19.8. The molecule has 4 nitrogen and oxygen atoms in total. The largest absolute Gasteiger partial charge is 0.478 e. The fourth-order valence-electron chi connectivity index (χ4n) is 0.559. The fraction of sp³-hybridized carbons (Fsp3) is 0.200. The summed E-state index contributed by atoms with van der Waals surface area (Å²) in [5.41, 5.74) is 0.609. The van der Waals surface area contributed by atoms with E-state index in [9.17, 15) is 9.59 Å². The topological polar surface area (TPSA) is 63.6 Å². The normalized spacial score (nSPS) is 7.74. The number of carbonyl (C=O) groups is 2. The Labute approximate surface area is 114 Å². The molecule has 0 radical (unpaired) electrons. The minimum Gasteiger partial charge on any atom is -0.478 e. The Hall–Kier alpha value is -2.36. The first-order valence-electron chi connectivity index (χ1n) is 5.45. The number of carboxylic acid groups (broad SMARTS) is 1. The Kier molecular flexibility index (Phi) is 12.1. The van der Waals surface area contributed by atoms with Crippen LogP contribution in [0.4, 0.5) is 0 Å². The molecule has 1 aromatic carbocycles. The second kappa shape index (κ2) is 12.1. The van der Waals surface area contributed by atoms with Crippen LogP contribution in [0, 0.1) is 0 Å². The highest BCUT2D eigenvalue weighted by Gasteiger charge is 1.95. The van der Waals surface area contributed by atoms with E-state index in [0.29, 0.717) is 5.57 Å². The van der Waals surface area contributed by atoms with Gasteiger partial charge < -0.3 is 9.84 Å². The molecule has 1 rings (SSSR count). The van der Waals surface area contributed by atoms with Gasteiger partial charge in [0.05, 0.1) is 7.11 Å². The molecule has 1 N–H and O–H groups in total. The maximum atomic E-state index is 10.2. The summed E-state index contributed by atoms with van der Waals surface area (Å²) in [7, 11) is 1.33. The summed E-state index contributed by atoms with van der Waals surface area (Å²) in [6.07, 6.45) is 0. The number of esters is 1. The summed E-state index contributed by atoms with van der Waals surface area (Å²) in [6.45, 7) is 9.56. The Bertz CT molecular complexity index is 369. The number of carboxylic acids is 1. The monoisotopic (exact) mass is 264 g/mol. The van der Waals surface area contributed by atoms with Gasteiger partial charge in [-0.1, -0.05) is 49.6 Å². The number of hydrogen-bond acceptors (Lipinski definition) is 3. The third kappa shape index (κ3) is 15.6. The molecule has 0 fully saturated rings. The first kappa shape index (κ1) is 19.0. The van der Waals surface area contributed by atoms with E-state index >= 15 is 0 Å². The van der Waals surface area contributed by atoms with Gasteiger partial charge in [0.15, 0.2) is 0 Å². The molecule has 0 unspecified atom stereocenters. The summed E-state index contributed by atoms with van der Waals surface area (Å²) in [5, 5.41) is 7.89. The van der Waals surface area contributed by atoms with Crippen LogP contribution in [0.25, 0.3) is 0 Å². The van der Waals surface area contributed by atoms with Crippen LogP contribution in [0.3, 0.4) is 0 Å². The summed E-state index contributed by atoms with van der Waals surface area (Å²) in [6, 6.07) is 12.0. The molecule has 0 heterocycles. The molecule has 4 heteroatoms. The van der Waals surface area contributed by atoms with Crippen LogP contribution in [0.2, 0.25) is 0 Å². The van der Waals surface area contributed by atoms with Crippen molar-refractivity contribution in [2.45, 2.75) is 13.8 Å². The van der Waals surface area contributed by atoms with Gasteiger partial charge in [0.1, 0.15) is 0 Å². The summed E-state index contributed by atoms with van der Waals surface area (Å²) < 4.78 is 4.27. The van der Waals surface area contributed by atoms with Crippen LogP contribution in [0.1, 0.15) is 13.8 Å². The van der Waals surface area contributed by atoms with Crippen molar-refractivity contribution in [1.82, 2.24) is 0 Å². The van der Waals surface area contributed by atoms with Gasteiger partial charge in [-0.05, 0) is 13.8 Å². The van der Waals surface area contributed by atoms with E-state index in [1.165, 1.54) is 14.0 Å². The van der Waals surface area contributed by atoms with Crippen molar-refractivity contribution in [2.24, 2.45) is 0 Å². The van der Waals surface area contributed by atoms with Crippen molar-refractivity contribution in [2.75, 3.05) is 7.11 Å². The first-order chi connectivity index (χ1) is 8.82. The van der Waals surface area contributed by atoms with Crippen LogP contribution < -0.4 is 0 Å². The minimum absolute atomic E-state index is 0.176. The van der Waals surface area contributed by atoms with E-state index in [2.05, 4.69) is 17.9 Å². The van der Waals surface area contributed by atoms with Gasteiger partial charge in [-0.2, -0.15) is 0 Å². The number of carbonyl (C=O) groups excluding carboxylic acids is 1. The van der Waals surface area contributed by atoms with Gasteiger partial charge in [-0.3, -0.25) is 0 Å². The minimum atomic E-state index is -0.935. The van der Waals surface area contributed by atoms with Gasteiger partial charge >= 0.3 is 11.9 Å². The fourth-order valence-corrected chi connectivity index (χ4v) is 0.559. The molecule has 1 aromatic rings. The maximum absolute atomic E-state index is 10.2. The van der Waals surface area contributed by atoms with Crippen molar-refractivity contribution < 1.29 is 19.4 Å². The highest BCUT2D eigenvalue weighted by molar-refractivity contribution is 5.86. The molecule has 0 saturated heterocycles. The van der Waals surface area contributed by atoms with E-state index in [1.54, 1.807) is 6.92 Å². The van der Waals surface area contributed by atoms with Crippen LogP contribution in [0.15, 0.2) is 60.7 Å². The molecule has 0 saturated carbocycles. The lowest BCUT2D eigenvalue weighted by atomic mass is 10.4. The number of rotatable bonds is 2. The van der Waals surface area contributed by atoms with E-state index in [0.717, 1.165) is 0 Å². The Morgan fingerprint density at radius 1 is 0.895 bits per heavy atom. The molecular formula is C15H20O4. The van der Waals surface area contributed by atoms with Gasteiger partial charge in [0.2, 0.25) is 0 Å². The zero-order chi connectivity index (χ0) is 15.3. The highest BCUT2D eigenvalue weighted by Crippen LogP contribution is 1.87. The third-order valence-electron chi connectivity index (χ3n) is 1.57. The average Bonchev–Trinajstić information content (AvgIpc) is 2.41. The predicted molar refractivity (Wildman–Crippen MR) is 75.7 cm³/mol. The SMILES string of the molecule is C=C(C)C(=O)O.C=C(C)C(=O)OC.c1ccccc1. The van der Waals surface area contributed by atoms with Gasteiger partial charge in [-0.25, -0.2) is 9.59 Å². The standard InChI is InChI=1S/C6H6.C5H8O2.C4H6O2/c1-2-4-6-5-3-1;1-4(2)5(6)7-3;1-3(2)4(5)6/h1-6H;1H2,2-3H3;1H2,2H3,(H,5,6). The lowest BCUT2D eigenvalue weighted by molar-refractivity contribution is -0.136. The van der Waals surface area contributed by atoms with Crippen molar-refractivity contribution in [3.8, 4) is 0 Å². The molecule has 19 heavy (non-hydrogen) atoms. The first-order valence-corrected chi connectivity index (χ1v) is 5.45. The molecule has 0 amide bonds. The molecule has 0 spiro atoms. The predicted octanol–water partition coefficient (Wildman–Crippen LogP) is 3.07. The van der Waals surface area contributed by atoms with Gasteiger partial charge in [-0.15, -0.1) is 0 Å². The lowest BCUT2D eigenvalue weighted by Gasteiger charge is -1.91. The van der Waals surface area contributed by atoms with Crippen LogP contribution >= 0.6 is 0 Å². The van der Waals surface area contributed by atoms with Crippen LogP contribution in [-0.4, -0.2) is 24.2 Å². The second-order valence-corrected chi connectivity index (χ2v) is 3.51. The molecule has 0 aliphatic carbocycles. The smallest absolute Gasteiger partial charge is 0.332 e. The summed E-state index contributed by atoms with van der Waals surface area (Å²) >= 11 is 0. The van der Waals surface area contributed by atoms with Crippen LogP contribution in [0.5, 0.6) is 0 Å². The quantitative estimate of drug-likeness (QED) is 0.658. The number of methoxy groups -OCH3 is 1. The highest BCUT2D eigenvalue weighted by atomic mass is 16.5. The van der Waals surface area contributed by atoms with Gasteiger partial charge in [0.25, 0.3) is 0 Å². The second-order valence-electron chi connectivity index (χ2n) is 3.51. The molecule has 0 aliphatic rings. The van der Waals surface area contributed by atoms with Gasteiger partial charge in [0, 0.05) is 11.1 Å². The molecule has 0 atom stereocenters. The molecule has 0 bridgehead atoms. The molecular weight excluding hydrogens is 244 g/mol. The molecule has 0 aliphatic heterocycles. The Balaban J connectivity index is 0. The van der Waals surface area contributed by atoms with E-state index in [-0.39, 0.29) is 11.5 Å². The van der Waals surface area contributed by atoms with Crippen molar-refractivity contribution in [1.29, 1.82) is 0 Å².